The Morgan fingerprint density at radius 1 is 1.28 bits per heavy atom. The van der Waals surface area contributed by atoms with E-state index < -0.39 is 0 Å². The molecule has 2 nitrogen and oxygen atoms in total. The van der Waals surface area contributed by atoms with Crippen molar-refractivity contribution in [3.8, 4) is 0 Å². The summed E-state index contributed by atoms with van der Waals surface area (Å²) in [6.45, 7) is 5.93. The molecule has 1 N–H and O–H groups in total. The van der Waals surface area contributed by atoms with Crippen molar-refractivity contribution in [1.82, 2.24) is 5.32 Å². The summed E-state index contributed by atoms with van der Waals surface area (Å²) >= 11 is 0. The fourth-order valence-electron chi connectivity index (χ4n) is 3.56. The number of fused-ring (bicyclic) bond motifs is 1. The van der Waals surface area contributed by atoms with Crippen molar-refractivity contribution in [3.63, 3.8) is 0 Å². The van der Waals surface area contributed by atoms with Crippen LogP contribution in [0.1, 0.15) is 38.2 Å². The quantitative estimate of drug-likeness (QED) is 0.879. The highest BCUT2D eigenvalue weighted by Gasteiger charge is 2.34. The van der Waals surface area contributed by atoms with Crippen molar-refractivity contribution in [2.75, 3.05) is 24.5 Å². The fourth-order valence-corrected chi connectivity index (χ4v) is 3.56. The monoisotopic (exact) mass is 244 g/mol. The van der Waals surface area contributed by atoms with E-state index in [-0.39, 0.29) is 0 Å². The first-order chi connectivity index (χ1) is 8.83. The van der Waals surface area contributed by atoms with Gasteiger partial charge in [-0.25, -0.2) is 0 Å². The number of para-hydroxylation sites is 1. The van der Waals surface area contributed by atoms with Gasteiger partial charge in [0.05, 0.1) is 0 Å². The van der Waals surface area contributed by atoms with Crippen LogP contribution < -0.4 is 10.2 Å². The van der Waals surface area contributed by atoms with E-state index >= 15 is 0 Å². The van der Waals surface area contributed by atoms with Gasteiger partial charge in [0.25, 0.3) is 0 Å². The zero-order valence-corrected chi connectivity index (χ0v) is 11.4. The van der Waals surface area contributed by atoms with Gasteiger partial charge < -0.3 is 10.2 Å². The van der Waals surface area contributed by atoms with Gasteiger partial charge in [-0.05, 0) is 50.3 Å². The lowest BCUT2D eigenvalue weighted by molar-refractivity contribution is 0.359. The number of nitrogens with zero attached hydrogens (tertiary/aromatic N) is 1. The van der Waals surface area contributed by atoms with Crippen LogP contribution in [0.25, 0.3) is 0 Å². The predicted molar refractivity (Wildman–Crippen MR) is 77.2 cm³/mol. The average molecular weight is 244 g/mol. The lowest BCUT2D eigenvalue weighted by Gasteiger charge is -2.39. The second kappa shape index (κ2) is 4.93. The van der Waals surface area contributed by atoms with Crippen molar-refractivity contribution in [2.45, 2.75) is 44.6 Å². The summed E-state index contributed by atoms with van der Waals surface area (Å²) in [6.07, 6.45) is 6.47. The smallest absolute Gasteiger partial charge is 0.0399 e. The number of benzene rings is 1. The number of hydrogen-bond donors (Lipinski definition) is 1. The van der Waals surface area contributed by atoms with Gasteiger partial charge in [-0.2, -0.15) is 0 Å². The van der Waals surface area contributed by atoms with Gasteiger partial charge in [-0.3, -0.25) is 0 Å². The maximum atomic E-state index is 3.76. The molecule has 2 aliphatic rings. The molecule has 0 amide bonds. The van der Waals surface area contributed by atoms with Crippen LogP contribution in [0.3, 0.4) is 0 Å². The Bertz CT molecular complexity index is 407. The van der Waals surface area contributed by atoms with E-state index in [1.165, 1.54) is 63.0 Å². The highest BCUT2D eigenvalue weighted by molar-refractivity contribution is 5.55. The Labute approximate surface area is 110 Å². The van der Waals surface area contributed by atoms with Crippen molar-refractivity contribution >= 4 is 5.69 Å². The minimum Gasteiger partial charge on any atom is -0.369 e. The third-order valence-corrected chi connectivity index (χ3v) is 4.71. The summed E-state index contributed by atoms with van der Waals surface area (Å²) in [4.78, 5) is 2.61. The molecule has 1 fully saturated rings. The Morgan fingerprint density at radius 3 is 2.94 bits per heavy atom. The molecule has 0 radical (unpaired) electrons. The van der Waals surface area contributed by atoms with Gasteiger partial charge in [-0.15, -0.1) is 0 Å². The molecule has 98 valence electrons. The van der Waals surface area contributed by atoms with Crippen LogP contribution in [0.4, 0.5) is 5.69 Å². The largest absolute Gasteiger partial charge is 0.369 e. The molecule has 1 aromatic rings. The zero-order valence-electron chi connectivity index (χ0n) is 11.4. The van der Waals surface area contributed by atoms with E-state index in [4.69, 9.17) is 0 Å². The minimum atomic E-state index is 0.366. The Kier molecular flexibility index (Phi) is 3.29. The molecule has 2 heteroatoms. The van der Waals surface area contributed by atoms with E-state index in [2.05, 4.69) is 41.4 Å². The molecule has 1 aromatic carbocycles. The highest BCUT2D eigenvalue weighted by Crippen LogP contribution is 2.31. The molecule has 0 spiro atoms. The lowest BCUT2D eigenvalue weighted by atomic mass is 9.91. The Balaban J connectivity index is 1.81. The summed E-state index contributed by atoms with van der Waals surface area (Å²) in [5.41, 5.74) is 3.38. The van der Waals surface area contributed by atoms with Gasteiger partial charge >= 0.3 is 0 Å². The first-order valence-corrected chi connectivity index (χ1v) is 7.41. The van der Waals surface area contributed by atoms with Crippen LogP contribution in [0, 0.1) is 0 Å². The van der Waals surface area contributed by atoms with Crippen LogP contribution in [0.2, 0.25) is 0 Å². The Morgan fingerprint density at radius 2 is 2.17 bits per heavy atom. The van der Waals surface area contributed by atoms with Crippen LogP contribution in [-0.4, -0.2) is 25.2 Å². The number of aryl methyl sites for hydroxylation is 1. The second-order valence-electron chi connectivity index (χ2n) is 5.82. The molecule has 0 bridgehead atoms. The third kappa shape index (κ3) is 2.14. The van der Waals surface area contributed by atoms with E-state index in [1.807, 2.05) is 0 Å². The van der Waals surface area contributed by atoms with Crippen LogP contribution in [0.15, 0.2) is 24.3 Å². The van der Waals surface area contributed by atoms with Crippen molar-refractivity contribution < 1.29 is 0 Å². The topological polar surface area (TPSA) is 15.3 Å². The molecule has 2 heterocycles. The third-order valence-electron chi connectivity index (χ3n) is 4.71. The number of anilines is 1. The molecule has 18 heavy (non-hydrogen) atoms. The van der Waals surface area contributed by atoms with E-state index in [0.29, 0.717) is 5.54 Å². The molecule has 1 atom stereocenters. The first-order valence-electron chi connectivity index (χ1n) is 7.41. The number of hydrogen-bond acceptors (Lipinski definition) is 2. The standard InChI is InChI=1S/C16H24N2/c1-2-16(10-6-11-17-16)13-18-12-5-8-14-7-3-4-9-15(14)18/h3-4,7,9,17H,2,5-6,8,10-13H2,1H3. The molecule has 0 saturated carbocycles. The van der Waals surface area contributed by atoms with E-state index in [0.717, 1.165) is 0 Å². The lowest BCUT2D eigenvalue weighted by Crippen LogP contribution is -2.50. The van der Waals surface area contributed by atoms with Crippen molar-refractivity contribution in [2.24, 2.45) is 0 Å². The van der Waals surface area contributed by atoms with Crippen molar-refractivity contribution in [1.29, 1.82) is 0 Å². The maximum Gasteiger partial charge on any atom is 0.0399 e. The Hall–Kier alpha value is -1.02. The second-order valence-corrected chi connectivity index (χ2v) is 5.82. The first kappa shape index (κ1) is 12.0. The predicted octanol–water partition coefficient (Wildman–Crippen LogP) is 2.97. The minimum absolute atomic E-state index is 0.366. The van der Waals surface area contributed by atoms with Crippen LogP contribution in [0.5, 0.6) is 0 Å². The van der Waals surface area contributed by atoms with Gasteiger partial charge in [0.1, 0.15) is 0 Å². The van der Waals surface area contributed by atoms with Gasteiger partial charge in [-0.1, -0.05) is 25.1 Å². The summed E-state index contributed by atoms with van der Waals surface area (Å²) in [6, 6.07) is 8.94. The molecule has 2 aliphatic heterocycles. The summed E-state index contributed by atoms with van der Waals surface area (Å²) in [5.74, 6) is 0. The van der Waals surface area contributed by atoms with Gasteiger partial charge in [0.2, 0.25) is 0 Å². The molecule has 1 saturated heterocycles. The van der Waals surface area contributed by atoms with E-state index in [9.17, 15) is 0 Å². The fraction of sp³-hybridized carbons (Fsp3) is 0.625. The highest BCUT2D eigenvalue weighted by atomic mass is 15.2. The van der Waals surface area contributed by atoms with Crippen LogP contribution >= 0.6 is 0 Å². The number of rotatable bonds is 3. The average Bonchev–Trinajstić information content (AvgIpc) is 2.88. The zero-order chi connectivity index (χ0) is 12.4. The van der Waals surface area contributed by atoms with E-state index in [1.54, 1.807) is 0 Å². The molecular weight excluding hydrogens is 220 g/mol. The maximum absolute atomic E-state index is 3.76. The molecule has 0 aromatic heterocycles. The number of nitrogens with one attached hydrogen (secondary N) is 1. The van der Waals surface area contributed by atoms with Crippen molar-refractivity contribution in [3.05, 3.63) is 29.8 Å². The molecular formula is C16H24N2. The summed E-state index contributed by atoms with van der Waals surface area (Å²) in [5, 5.41) is 3.76. The summed E-state index contributed by atoms with van der Waals surface area (Å²) < 4.78 is 0. The van der Waals surface area contributed by atoms with Crippen LogP contribution in [-0.2, 0) is 6.42 Å². The van der Waals surface area contributed by atoms with Gasteiger partial charge in [0, 0.05) is 24.3 Å². The normalized spacial score (nSPS) is 27.3. The summed E-state index contributed by atoms with van der Waals surface area (Å²) in [7, 11) is 0. The SMILES string of the molecule is CCC1(CN2CCCc3ccccc32)CCCN1. The molecule has 3 rings (SSSR count). The van der Waals surface area contributed by atoms with Gasteiger partial charge in [0.15, 0.2) is 0 Å². The molecule has 1 unspecified atom stereocenters. The molecule has 0 aliphatic carbocycles.